The van der Waals surface area contributed by atoms with Crippen molar-refractivity contribution in [3.05, 3.63) is 29.6 Å². The van der Waals surface area contributed by atoms with Crippen LogP contribution in [0.2, 0.25) is 0 Å². The fourth-order valence-corrected chi connectivity index (χ4v) is 1.54. The molecule has 1 aliphatic rings. The Morgan fingerprint density at radius 1 is 1.64 bits per heavy atom. The standard InChI is InChI=1S/C8H10N2O/c11-10-7-4-3-6-2-1-5-9-8(6)7/h1-2,5,7,10-11H,3-4H2. The van der Waals surface area contributed by atoms with Crippen LogP contribution in [0.15, 0.2) is 18.3 Å². The normalized spacial score (nSPS) is 21.7. The Labute approximate surface area is 65.0 Å². The molecule has 0 aromatic carbocycles. The zero-order chi connectivity index (χ0) is 7.68. The second-order valence-corrected chi connectivity index (χ2v) is 2.77. The molecule has 1 aromatic rings. The molecule has 2 rings (SSSR count). The Kier molecular flexibility index (Phi) is 1.60. The minimum absolute atomic E-state index is 0.0474. The lowest BCUT2D eigenvalue weighted by Crippen LogP contribution is -2.14. The van der Waals surface area contributed by atoms with Gasteiger partial charge in [-0.15, -0.1) is 0 Å². The zero-order valence-corrected chi connectivity index (χ0v) is 6.12. The summed E-state index contributed by atoms with van der Waals surface area (Å²) in [5.41, 5.74) is 4.50. The predicted octanol–water partition coefficient (Wildman–Crippen LogP) is 1.05. The van der Waals surface area contributed by atoms with Gasteiger partial charge in [-0.3, -0.25) is 4.98 Å². The van der Waals surface area contributed by atoms with Crippen LogP contribution in [0.25, 0.3) is 0 Å². The Bertz CT molecular complexity index is 262. The molecule has 2 N–H and O–H groups in total. The van der Waals surface area contributed by atoms with E-state index in [1.807, 2.05) is 6.07 Å². The Hall–Kier alpha value is -0.930. The minimum Gasteiger partial charge on any atom is -0.316 e. The lowest BCUT2D eigenvalue weighted by atomic mass is 10.2. The molecule has 1 unspecified atom stereocenters. The van der Waals surface area contributed by atoms with E-state index in [0.29, 0.717) is 0 Å². The summed E-state index contributed by atoms with van der Waals surface area (Å²) < 4.78 is 0. The van der Waals surface area contributed by atoms with Crippen LogP contribution in [-0.4, -0.2) is 10.2 Å². The molecule has 11 heavy (non-hydrogen) atoms. The van der Waals surface area contributed by atoms with Crippen molar-refractivity contribution in [1.82, 2.24) is 10.5 Å². The average Bonchev–Trinajstić information content (AvgIpc) is 2.47. The Balaban J connectivity index is 2.39. The highest BCUT2D eigenvalue weighted by Crippen LogP contribution is 2.27. The van der Waals surface area contributed by atoms with Crippen molar-refractivity contribution in [2.24, 2.45) is 0 Å². The quantitative estimate of drug-likeness (QED) is 0.588. The van der Waals surface area contributed by atoms with E-state index in [-0.39, 0.29) is 6.04 Å². The molecule has 3 heteroatoms. The van der Waals surface area contributed by atoms with Crippen LogP contribution in [0, 0.1) is 0 Å². The van der Waals surface area contributed by atoms with Gasteiger partial charge in [-0.1, -0.05) is 6.07 Å². The molecular formula is C8H10N2O. The van der Waals surface area contributed by atoms with Gasteiger partial charge in [-0.05, 0) is 24.5 Å². The summed E-state index contributed by atoms with van der Waals surface area (Å²) in [7, 11) is 0. The third-order valence-corrected chi connectivity index (χ3v) is 2.11. The number of hydrogen-bond donors (Lipinski definition) is 2. The Morgan fingerprint density at radius 3 is 3.36 bits per heavy atom. The molecule has 1 aliphatic carbocycles. The van der Waals surface area contributed by atoms with E-state index in [9.17, 15) is 0 Å². The zero-order valence-electron chi connectivity index (χ0n) is 6.12. The van der Waals surface area contributed by atoms with Crippen LogP contribution in [0.4, 0.5) is 0 Å². The molecule has 1 aromatic heterocycles. The molecule has 0 radical (unpaired) electrons. The van der Waals surface area contributed by atoms with Gasteiger partial charge in [0.1, 0.15) is 0 Å². The van der Waals surface area contributed by atoms with Crippen molar-refractivity contribution in [2.75, 3.05) is 0 Å². The molecule has 0 saturated heterocycles. The molecule has 58 valence electrons. The first kappa shape index (κ1) is 6.76. The number of hydrogen-bond acceptors (Lipinski definition) is 3. The number of rotatable bonds is 1. The minimum atomic E-state index is 0.0474. The summed E-state index contributed by atoms with van der Waals surface area (Å²) in [5.74, 6) is 0. The smallest absolute Gasteiger partial charge is 0.0746 e. The van der Waals surface area contributed by atoms with E-state index in [0.717, 1.165) is 18.5 Å². The molecule has 0 saturated carbocycles. The van der Waals surface area contributed by atoms with E-state index in [4.69, 9.17) is 5.21 Å². The van der Waals surface area contributed by atoms with E-state index in [2.05, 4.69) is 16.5 Å². The summed E-state index contributed by atoms with van der Waals surface area (Å²) >= 11 is 0. The van der Waals surface area contributed by atoms with Gasteiger partial charge in [0.05, 0.1) is 11.7 Å². The average molecular weight is 150 g/mol. The lowest BCUT2D eigenvalue weighted by Gasteiger charge is -2.05. The van der Waals surface area contributed by atoms with Gasteiger partial charge >= 0.3 is 0 Å². The third-order valence-electron chi connectivity index (χ3n) is 2.11. The maximum atomic E-state index is 8.72. The maximum Gasteiger partial charge on any atom is 0.0746 e. The van der Waals surface area contributed by atoms with Crippen molar-refractivity contribution >= 4 is 0 Å². The van der Waals surface area contributed by atoms with E-state index in [1.54, 1.807) is 6.20 Å². The first-order valence-corrected chi connectivity index (χ1v) is 3.75. The van der Waals surface area contributed by atoms with Crippen molar-refractivity contribution in [3.63, 3.8) is 0 Å². The summed E-state index contributed by atoms with van der Waals surface area (Å²) in [6.45, 7) is 0. The van der Waals surface area contributed by atoms with Crippen LogP contribution in [0.5, 0.6) is 0 Å². The third kappa shape index (κ3) is 1.02. The van der Waals surface area contributed by atoms with Crippen LogP contribution >= 0.6 is 0 Å². The number of nitrogens with zero attached hydrogens (tertiary/aromatic N) is 1. The fraction of sp³-hybridized carbons (Fsp3) is 0.375. The van der Waals surface area contributed by atoms with E-state index in [1.165, 1.54) is 5.56 Å². The monoisotopic (exact) mass is 150 g/mol. The SMILES string of the molecule is ONC1CCc2cccnc21. The van der Waals surface area contributed by atoms with Crippen molar-refractivity contribution < 1.29 is 5.21 Å². The van der Waals surface area contributed by atoms with Gasteiger partial charge in [0.15, 0.2) is 0 Å². The molecule has 3 nitrogen and oxygen atoms in total. The highest BCUT2D eigenvalue weighted by molar-refractivity contribution is 5.27. The first-order chi connectivity index (χ1) is 5.42. The molecular weight excluding hydrogens is 140 g/mol. The molecule has 0 aliphatic heterocycles. The highest BCUT2D eigenvalue weighted by atomic mass is 16.5. The summed E-state index contributed by atoms with van der Waals surface area (Å²) in [4.78, 5) is 4.19. The fourth-order valence-electron chi connectivity index (χ4n) is 1.54. The molecule has 0 fully saturated rings. The van der Waals surface area contributed by atoms with Crippen LogP contribution in [0.3, 0.4) is 0 Å². The van der Waals surface area contributed by atoms with Gasteiger partial charge in [-0.2, -0.15) is 5.48 Å². The maximum absolute atomic E-state index is 8.72. The lowest BCUT2D eigenvalue weighted by molar-refractivity contribution is 0.125. The van der Waals surface area contributed by atoms with E-state index < -0.39 is 0 Å². The van der Waals surface area contributed by atoms with Gasteiger partial charge in [-0.25, -0.2) is 0 Å². The van der Waals surface area contributed by atoms with Crippen LogP contribution < -0.4 is 5.48 Å². The number of fused-ring (bicyclic) bond motifs is 1. The molecule has 0 spiro atoms. The van der Waals surface area contributed by atoms with Crippen LogP contribution in [0.1, 0.15) is 23.7 Å². The number of hydroxylamine groups is 1. The number of aryl methyl sites for hydroxylation is 1. The van der Waals surface area contributed by atoms with Crippen LogP contribution in [-0.2, 0) is 6.42 Å². The van der Waals surface area contributed by atoms with Gasteiger partial charge in [0.25, 0.3) is 0 Å². The molecule has 1 heterocycles. The van der Waals surface area contributed by atoms with E-state index >= 15 is 0 Å². The van der Waals surface area contributed by atoms with Crippen molar-refractivity contribution in [3.8, 4) is 0 Å². The van der Waals surface area contributed by atoms with Crippen molar-refractivity contribution in [2.45, 2.75) is 18.9 Å². The molecule has 0 amide bonds. The molecule has 0 bridgehead atoms. The molecule has 1 atom stereocenters. The summed E-state index contributed by atoms with van der Waals surface area (Å²) in [5, 5.41) is 8.72. The predicted molar refractivity (Wildman–Crippen MR) is 40.2 cm³/mol. The summed E-state index contributed by atoms with van der Waals surface area (Å²) in [6, 6.07) is 4.03. The Morgan fingerprint density at radius 2 is 2.55 bits per heavy atom. The number of pyridine rings is 1. The number of nitrogens with one attached hydrogen (secondary N) is 1. The first-order valence-electron chi connectivity index (χ1n) is 3.75. The van der Waals surface area contributed by atoms with Gasteiger partial charge < -0.3 is 5.21 Å². The summed E-state index contributed by atoms with van der Waals surface area (Å²) in [6.07, 6.45) is 3.72. The van der Waals surface area contributed by atoms with Gasteiger partial charge in [0, 0.05) is 6.20 Å². The topological polar surface area (TPSA) is 45.1 Å². The van der Waals surface area contributed by atoms with Gasteiger partial charge in [0.2, 0.25) is 0 Å². The number of aromatic nitrogens is 1. The highest BCUT2D eigenvalue weighted by Gasteiger charge is 2.21. The largest absolute Gasteiger partial charge is 0.316 e. The second kappa shape index (κ2) is 2.60. The van der Waals surface area contributed by atoms with Crippen molar-refractivity contribution in [1.29, 1.82) is 0 Å². The second-order valence-electron chi connectivity index (χ2n) is 2.77.